The van der Waals surface area contributed by atoms with E-state index in [4.69, 9.17) is 9.84 Å². The third-order valence-electron chi connectivity index (χ3n) is 4.74. The van der Waals surface area contributed by atoms with Crippen LogP contribution >= 0.6 is 0 Å². The molecule has 32 heavy (non-hydrogen) atoms. The molecular weight excluding hydrogens is 437 g/mol. The molecule has 0 spiro atoms. The zero-order valence-electron chi connectivity index (χ0n) is 16.6. The van der Waals surface area contributed by atoms with Crippen molar-refractivity contribution in [2.45, 2.75) is 9.92 Å². The summed E-state index contributed by atoms with van der Waals surface area (Å²) >= 11 is 0. The van der Waals surface area contributed by atoms with Gasteiger partial charge in [0.25, 0.3) is 0 Å². The first-order valence-electron chi connectivity index (χ1n) is 9.26. The molecule has 0 aliphatic rings. The Bertz CT molecular complexity index is 1380. The van der Waals surface area contributed by atoms with Gasteiger partial charge >= 0.3 is 5.97 Å². The number of methoxy groups -OCH3 is 1. The second-order valence-corrected chi connectivity index (χ2v) is 8.56. The lowest BCUT2D eigenvalue weighted by molar-refractivity contribution is 0.0697. The Hall–Kier alpha value is -4.05. The number of aromatic nitrogens is 3. The Balaban J connectivity index is 1.91. The minimum absolute atomic E-state index is 0.0186. The van der Waals surface area contributed by atoms with Crippen molar-refractivity contribution in [2.24, 2.45) is 0 Å². The summed E-state index contributed by atoms with van der Waals surface area (Å²) in [4.78, 5) is 11.1. The fourth-order valence-corrected chi connectivity index (χ4v) is 4.42. The Kier molecular flexibility index (Phi) is 5.45. The first-order valence-corrected chi connectivity index (χ1v) is 10.7. The summed E-state index contributed by atoms with van der Waals surface area (Å²) in [5.41, 5.74) is 0.927. The molecule has 4 rings (SSSR count). The summed E-state index contributed by atoms with van der Waals surface area (Å²) in [7, 11) is -2.63. The predicted octanol–water partition coefficient (Wildman–Crippen LogP) is 3.61. The zero-order chi connectivity index (χ0) is 22.9. The van der Waals surface area contributed by atoms with E-state index in [1.807, 2.05) is 0 Å². The number of carboxylic acids is 1. The summed E-state index contributed by atoms with van der Waals surface area (Å²) in [5.74, 6) is -1.10. The van der Waals surface area contributed by atoms with E-state index in [9.17, 15) is 17.6 Å². The molecule has 0 saturated heterocycles. The molecule has 1 aromatic heterocycles. The van der Waals surface area contributed by atoms with Crippen LogP contribution in [-0.2, 0) is 9.84 Å². The van der Waals surface area contributed by atoms with Crippen LogP contribution in [0.15, 0.2) is 82.7 Å². The maximum Gasteiger partial charge on any atom is 0.335 e. The molecule has 0 bridgehead atoms. The van der Waals surface area contributed by atoms with Gasteiger partial charge < -0.3 is 9.84 Å². The SMILES string of the molecule is COc1ccc(S(=O)(=O)c2nnn(-c3ccc(C(=O)O)cc3)c2-c2ccc(F)cc2)cc1. The van der Waals surface area contributed by atoms with Crippen molar-refractivity contribution in [3.05, 3.63) is 84.2 Å². The van der Waals surface area contributed by atoms with Crippen LogP contribution in [0.5, 0.6) is 5.75 Å². The van der Waals surface area contributed by atoms with Gasteiger partial charge in [-0.1, -0.05) is 5.21 Å². The van der Waals surface area contributed by atoms with Gasteiger partial charge in [-0.15, -0.1) is 5.10 Å². The Labute approximate surface area is 182 Å². The number of hydrogen-bond acceptors (Lipinski definition) is 6. The summed E-state index contributed by atoms with van der Waals surface area (Å²) in [6.45, 7) is 0. The van der Waals surface area contributed by atoms with E-state index in [1.165, 1.54) is 84.6 Å². The molecule has 162 valence electrons. The van der Waals surface area contributed by atoms with Gasteiger partial charge in [0.15, 0.2) is 0 Å². The number of carbonyl (C=O) groups is 1. The number of sulfone groups is 1. The lowest BCUT2D eigenvalue weighted by Gasteiger charge is -2.10. The number of carboxylic acid groups (broad SMARTS) is 1. The van der Waals surface area contributed by atoms with Crippen LogP contribution in [0.25, 0.3) is 16.9 Å². The third-order valence-corrected chi connectivity index (χ3v) is 6.42. The van der Waals surface area contributed by atoms with Crippen molar-refractivity contribution in [2.75, 3.05) is 7.11 Å². The highest BCUT2D eigenvalue weighted by Gasteiger charge is 2.29. The average molecular weight is 453 g/mol. The predicted molar refractivity (Wildman–Crippen MR) is 112 cm³/mol. The highest BCUT2D eigenvalue weighted by atomic mass is 32.2. The average Bonchev–Trinajstić information content (AvgIpc) is 3.26. The van der Waals surface area contributed by atoms with Crippen LogP contribution < -0.4 is 4.74 Å². The Morgan fingerprint density at radius 2 is 1.59 bits per heavy atom. The molecule has 0 amide bonds. The molecule has 0 aliphatic heterocycles. The number of halogens is 1. The number of ether oxygens (including phenoxy) is 1. The molecule has 4 aromatic rings. The molecule has 0 saturated carbocycles. The van der Waals surface area contributed by atoms with Crippen molar-refractivity contribution in [1.29, 1.82) is 0 Å². The molecule has 0 radical (unpaired) electrons. The van der Waals surface area contributed by atoms with Gasteiger partial charge in [0.05, 0.1) is 23.3 Å². The van der Waals surface area contributed by atoms with Crippen molar-refractivity contribution in [1.82, 2.24) is 15.0 Å². The highest BCUT2D eigenvalue weighted by molar-refractivity contribution is 7.91. The van der Waals surface area contributed by atoms with E-state index in [0.29, 0.717) is 17.0 Å². The second kappa shape index (κ2) is 8.23. The van der Waals surface area contributed by atoms with Gasteiger partial charge in [-0.05, 0) is 72.8 Å². The monoisotopic (exact) mass is 453 g/mol. The summed E-state index contributed by atoms with van der Waals surface area (Å²) in [6, 6.07) is 16.7. The summed E-state index contributed by atoms with van der Waals surface area (Å²) in [6.07, 6.45) is 0. The normalized spacial score (nSPS) is 11.3. The molecule has 8 nitrogen and oxygen atoms in total. The van der Waals surface area contributed by atoms with E-state index >= 15 is 0 Å². The second-order valence-electron chi connectivity index (χ2n) is 6.69. The molecule has 1 N–H and O–H groups in total. The number of aromatic carboxylic acids is 1. The minimum Gasteiger partial charge on any atom is -0.497 e. The van der Waals surface area contributed by atoms with E-state index in [2.05, 4.69) is 10.3 Å². The van der Waals surface area contributed by atoms with Crippen LogP contribution in [0.4, 0.5) is 4.39 Å². The Morgan fingerprint density at radius 3 is 2.16 bits per heavy atom. The maximum atomic E-state index is 13.5. The molecule has 0 aliphatic carbocycles. The molecule has 0 unspecified atom stereocenters. The van der Waals surface area contributed by atoms with Gasteiger partial charge in [-0.2, -0.15) is 0 Å². The molecule has 10 heteroatoms. The van der Waals surface area contributed by atoms with E-state index in [0.717, 1.165) is 0 Å². The quantitative estimate of drug-likeness (QED) is 0.475. The van der Waals surface area contributed by atoms with Crippen molar-refractivity contribution in [3.63, 3.8) is 0 Å². The molecular formula is C22H16FN3O5S. The largest absolute Gasteiger partial charge is 0.497 e. The highest BCUT2D eigenvalue weighted by Crippen LogP contribution is 2.32. The third kappa shape index (κ3) is 3.83. The van der Waals surface area contributed by atoms with Crippen LogP contribution in [0.3, 0.4) is 0 Å². The molecule has 3 aromatic carbocycles. The van der Waals surface area contributed by atoms with E-state index in [-0.39, 0.29) is 21.2 Å². The van der Waals surface area contributed by atoms with Crippen LogP contribution in [0.2, 0.25) is 0 Å². The standard InChI is InChI=1S/C22H16FN3O5S/c1-31-18-10-12-19(13-11-18)32(29,30)21-20(14-2-6-16(23)7-3-14)26(25-24-21)17-8-4-15(5-9-17)22(27)28/h2-13H,1H3,(H,27,28). The first kappa shape index (κ1) is 21.2. The van der Waals surface area contributed by atoms with Gasteiger partial charge in [-0.3, -0.25) is 0 Å². The van der Waals surface area contributed by atoms with Gasteiger partial charge in [-0.25, -0.2) is 22.3 Å². The molecule has 0 atom stereocenters. The van der Waals surface area contributed by atoms with Crippen LogP contribution in [0.1, 0.15) is 10.4 Å². The van der Waals surface area contributed by atoms with Crippen LogP contribution in [-0.4, -0.2) is 41.6 Å². The van der Waals surface area contributed by atoms with E-state index in [1.54, 1.807) is 0 Å². The lowest BCUT2D eigenvalue weighted by Crippen LogP contribution is -2.06. The Morgan fingerprint density at radius 1 is 0.969 bits per heavy atom. The summed E-state index contributed by atoms with van der Waals surface area (Å²) < 4.78 is 46.6. The smallest absolute Gasteiger partial charge is 0.335 e. The number of nitrogens with zero attached hydrogens (tertiary/aromatic N) is 3. The van der Waals surface area contributed by atoms with E-state index < -0.39 is 21.6 Å². The van der Waals surface area contributed by atoms with Crippen molar-refractivity contribution < 1.29 is 27.4 Å². The fourth-order valence-electron chi connectivity index (χ4n) is 3.10. The molecule has 0 fully saturated rings. The first-order chi connectivity index (χ1) is 15.3. The number of hydrogen-bond donors (Lipinski definition) is 1. The minimum atomic E-state index is -4.10. The number of benzene rings is 3. The maximum absolute atomic E-state index is 13.5. The van der Waals surface area contributed by atoms with Crippen LogP contribution in [0, 0.1) is 5.82 Å². The zero-order valence-corrected chi connectivity index (χ0v) is 17.5. The van der Waals surface area contributed by atoms with Crippen molar-refractivity contribution >= 4 is 15.8 Å². The van der Waals surface area contributed by atoms with Gasteiger partial charge in [0.1, 0.15) is 17.3 Å². The summed E-state index contributed by atoms with van der Waals surface area (Å²) in [5, 5.41) is 16.7. The van der Waals surface area contributed by atoms with Gasteiger partial charge in [0.2, 0.25) is 14.9 Å². The number of rotatable bonds is 6. The van der Waals surface area contributed by atoms with Crippen molar-refractivity contribution in [3.8, 4) is 22.7 Å². The lowest BCUT2D eigenvalue weighted by atomic mass is 10.1. The fraction of sp³-hybridized carbons (Fsp3) is 0.0455. The molecule has 1 heterocycles. The van der Waals surface area contributed by atoms with Gasteiger partial charge in [0, 0.05) is 5.56 Å². The topological polar surface area (TPSA) is 111 Å².